The standard InChI is InChI=1S/C23H16Cl2N2O4/c1-31-22-16(11-14(24)12-17(22)25)20(28)18-19(13-7-9-26-10-8-13)27(23(30)21(18)29)15-5-3-2-4-6-15/h2-12,19,28H,1H3/b20-18+. The molecule has 1 unspecified atom stereocenters. The van der Waals surface area contributed by atoms with E-state index in [1.807, 2.05) is 0 Å². The average molecular weight is 455 g/mol. The van der Waals surface area contributed by atoms with Crippen LogP contribution in [-0.2, 0) is 9.59 Å². The molecule has 0 radical (unpaired) electrons. The van der Waals surface area contributed by atoms with E-state index >= 15 is 0 Å². The van der Waals surface area contributed by atoms with Crippen LogP contribution in [0.5, 0.6) is 5.75 Å². The lowest BCUT2D eigenvalue weighted by Crippen LogP contribution is -2.29. The number of rotatable bonds is 4. The second kappa shape index (κ2) is 8.41. The van der Waals surface area contributed by atoms with Crippen molar-refractivity contribution in [2.75, 3.05) is 12.0 Å². The number of ether oxygens (including phenoxy) is 1. The maximum atomic E-state index is 13.1. The Morgan fingerprint density at radius 1 is 1.06 bits per heavy atom. The molecule has 4 rings (SSSR count). The molecular weight excluding hydrogens is 439 g/mol. The van der Waals surface area contributed by atoms with E-state index in [-0.39, 0.29) is 26.9 Å². The Balaban J connectivity index is 2.00. The second-order valence-electron chi connectivity index (χ2n) is 6.75. The number of nitrogens with zero attached hydrogens (tertiary/aromatic N) is 2. The summed E-state index contributed by atoms with van der Waals surface area (Å²) < 4.78 is 5.32. The van der Waals surface area contributed by atoms with E-state index in [1.54, 1.807) is 54.9 Å². The van der Waals surface area contributed by atoms with Gasteiger partial charge in [0, 0.05) is 23.1 Å². The first kappa shape index (κ1) is 20.9. The lowest BCUT2D eigenvalue weighted by molar-refractivity contribution is -0.132. The van der Waals surface area contributed by atoms with Crippen LogP contribution in [0.3, 0.4) is 0 Å². The van der Waals surface area contributed by atoms with E-state index in [0.717, 1.165) is 0 Å². The van der Waals surface area contributed by atoms with Crippen LogP contribution in [0, 0.1) is 0 Å². The van der Waals surface area contributed by atoms with Gasteiger partial charge in [0.1, 0.15) is 11.5 Å². The largest absolute Gasteiger partial charge is 0.507 e. The number of hydrogen-bond acceptors (Lipinski definition) is 5. The summed E-state index contributed by atoms with van der Waals surface area (Å²) in [6, 6.07) is 14.1. The van der Waals surface area contributed by atoms with E-state index in [1.165, 1.54) is 24.1 Å². The van der Waals surface area contributed by atoms with Crippen molar-refractivity contribution >= 4 is 46.3 Å². The molecule has 0 aliphatic carbocycles. The number of carbonyl (C=O) groups is 2. The number of aliphatic hydroxyl groups is 1. The van der Waals surface area contributed by atoms with Gasteiger partial charge in [-0.2, -0.15) is 0 Å². The van der Waals surface area contributed by atoms with Crippen LogP contribution in [0.1, 0.15) is 17.2 Å². The lowest BCUT2D eigenvalue weighted by Gasteiger charge is -2.25. The van der Waals surface area contributed by atoms with Gasteiger partial charge < -0.3 is 9.84 Å². The van der Waals surface area contributed by atoms with Crippen LogP contribution in [0.15, 0.2) is 72.6 Å². The molecule has 3 aromatic rings. The Hall–Kier alpha value is -3.35. The van der Waals surface area contributed by atoms with E-state index in [0.29, 0.717) is 11.3 Å². The number of aliphatic hydroxyl groups excluding tert-OH is 1. The van der Waals surface area contributed by atoms with Crippen molar-refractivity contribution in [3.63, 3.8) is 0 Å². The molecule has 2 aromatic carbocycles. The SMILES string of the molecule is COc1c(Cl)cc(Cl)cc1/C(O)=C1\C(=O)C(=O)N(c2ccccc2)C1c1ccncc1. The molecule has 1 atom stereocenters. The summed E-state index contributed by atoms with van der Waals surface area (Å²) in [5, 5.41) is 11.6. The third-order valence-corrected chi connectivity index (χ3v) is 5.47. The second-order valence-corrected chi connectivity index (χ2v) is 7.60. The number of halogens is 2. The molecule has 1 N–H and O–H groups in total. The minimum Gasteiger partial charge on any atom is -0.507 e. The number of pyridine rings is 1. The van der Waals surface area contributed by atoms with Crippen molar-refractivity contribution in [1.82, 2.24) is 4.98 Å². The summed E-state index contributed by atoms with van der Waals surface area (Å²) in [5.74, 6) is -1.88. The number of anilines is 1. The zero-order valence-electron chi connectivity index (χ0n) is 16.3. The van der Waals surface area contributed by atoms with E-state index in [2.05, 4.69) is 4.98 Å². The van der Waals surface area contributed by atoms with Crippen molar-refractivity contribution in [3.8, 4) is 5.75 Å². The number of methoxy groups -OCH3 is 1. The Bertz CT molecular complexity index is 1200. The highest BCUT2D eigenvalue weighted by Gasteiger charge is 2.47. The molecule has 1 amide bonds. The maximum absolute atomic E-state index is 13.1. The van der Waals surface area contributed by atoms with E-state index < -0.39 is 23.5 Å². The van der Waals surface area contributed by atoms with Crippen LogP contribution in [0.4, 0.5) is 5.69 Å². The zero-order chi connectivity index (χ0) is 22.1. The van der Waals surface area contributed by atoms with Crippen LogP contribution in [-0.4, -0.2) is 28.9 Å². The van der Waals surface area contributed by atoms with Crippen molar-refractivity contribution in [2.24, 2.45) is 0 Å². The number of benzene rings is 2. The first-order chi connectivity index (χ1) is 14.9. The number of hydrogen-bond donors (Lipinski definition) is 1. The molecule has 2 heterocycles. The van der Waals surface area contributed by atoms with Gasteiger partial charge in [0.05, 0.1) is 29.3 Å². The quantitative estimate of drug-likeness (QED) is 0.340. The lowest BCUT2D eigenvalue weighted by atomic mass is 9.95. The molecule has 1 aliphatic rings. The highest BCUT2D eigenvalue weighted by Crippen LogP contribution is 2.44. The zero-order valence-corrected chi connectivity index (χ0v) is 17.8. The van der Waals surface area contributed by atoms with Crippen molar-refractivity contribution in [1.29, 1.82) is 0 Å². The molecule has 8 heteroatoms. The molecule has 1 aliphatic heterocycles. The van der Waals surface area contributed by atoms with Gasteiger partial charge in [0.25, 0.3) is 11.7 Å². The number of amides is 1. The predicted octanol–water partition coefficient (Wildman–Crippen LogP) is 5.02. The number of Topliss-reactive ketones (excluding diaryl/α,β-unsaturated/α-hetero) is 1. The number of aromatic nitrogens is 1. The first-order valence-corrected chi connectivity index (χ1v) is 9.99. The third-order valence-electron chi connectivity index (χ3n) is 4.97. The van der Waals surface area contributed by atoms with E-state index in [4.69, 9.17) is 27.9 Å². The van der Waals surface area contributed by atoms with Crippen LogP contribution >= 0.6 is 23.2 Å². The summed E-state index contributed by atoms with van der Waals surface area (Å²) in [6.07, 6.45) is 3.11. The molecule has 0 spiro atoms. The average Bonchev–Trinajstić information content (AvgIpc) is 3.04. The van der Waals surface area contributed by atoms with Crippen LogP contribution in [0.25, 0.3) is 5.76 Å². The van der Waals surface area contributed by atoms with Gasteiger partial charge in [-0.05, 0) is 42.0 Å². The van der Waals surface area contributed by atoms with Gasteiger partial charge in [-0.25, -0.2) is 0 Å². The predicted molar refractivity (Wildman–Crippen MR) is 118 cm³/mol. The monoisotopic (exact) mass is 454 g/mol. The molecule has 6 nitrogen and oxygen atoms in total. The summed E-state index contributed by atoms with van der Waals surface area (Å²) >= 11 is 12.3. The van der Waals surface area contributed by atoms with E-state index in [9.17, 15) is 14.7 Å². The fraction of sp³-hybridized carbons (Fsp3) is 0.0870. The Morgan fingerprint density at radius 3 is 2.39 bits per heavy atom. The molecular formula is C23H16Cl2N2O4. The molecule has 0 saturated carbocycles. The minimum atomic E-state index is -0.882. The highest BCUT2D eigenvalue weighted by molar-refractivity contribution is 6.51. The van der Waals surface area contributed by atoms with Gasteiger partial charge in [0.15, 0.2) is 0 Å². The fourth-order valence-corrected chi connectivity index (χ4v) is 4.21. The number of para-hydroxylation sites is 1. The molecule has 1 fully saturated rings. The summed E-state index contributed by atoms with van der Waals surface area (Å²) in [4.78, 5) is 31.5. The smallest absolute Gasteiger partial charge is 0.300 e. The molecule has 156 valence electrons. The Kier molecular flexibility index (Phi) is 5.67. The van der Waals surface area contributed by atoms with Gasteiger partial charge >= 0.3 is 0 Å². The Morgan fingerprint density at radius 2 is 1.74 bits per heavy atom. The van der Waals surface area contributed by atoms with Crippen molar-refractivity contribution in [3.05, 3.63) is 93.7 Å². The van der Waals surface area contributed by atoms with Crippen LogP contribution in [0.2, 0.25) is 10.0 Å². The molecule has 1 saturated heterocycles. The van der Waals surface area contributed by atoms with Gasteiger partial charge in [-0.15, -0.1) is 0 Å². The third kappa shape index (κ3) is 3.65. The van der Waals surface area contributed by atoms with Crippen molar-refractivity contribution < 1.29 is 19.4 Å². The molecule has 31 heavy (non-hydrogen) atoms. The van der Waals surface area contributed by atoms with Gasteiger partial charge in [0.2, 0.25) is 0 Å². The van der Waals surface area contributed by atoms with Crippen LogP contribution < -0.4 is 9.64 Å². The van der Waals surface area contributed by atoms with Gasteiger partial charge in [-0.1, -0.05) is 41.4 Å². The first-order valence-electron chi connectivity index (χ1n) is 9.23. The van der Waals surface area contributed by atoms with Crippen molar-refractivity contribution in [2.45, 2.75) is 6.04 Å². The summed E-state index contributed by atoms with van der Waals surface area (Å²) in [6.45, 7) is 0. The maximum Gasteiger partial charge on any atom is 0.300 e. The minimum absolute atomic E-state index is 0.100. The topological polar surface area (TPSA) is 79.7 Å². The molecule has 0 bridgehead atoms. The number of carbonyl (C=O) groups excluding carboxylic acids is 2. The summed E-state index contributed by atoms with van der Waals surface area (Å²) in [7, 11) is 1.38. The van der Waals surface area contributed by atoms with Gasteiger partial charge in [-0.3, -0.25) is 19.5 Å². The highest BCUT2D eigenvalue weighted by atomic mass is 35.5. The fourth-order valence-electron chi connectivity index (χ4n) is 3.64. The number of ketones is 1. The normalized spacial score (nSPS) is 17.8. The Labute approximate surface area is 188 Å². The summed E-state index contributed by atoms with van der Waals surface area (Å²) in [5.41, 5.74) is 1.13. The molecule has 1 aromatic heterocycles.